The van der Waals surface area contributed by atoms with E-state index >= 15 is 0 Å². The maximum absolute atomic E-state index is 12.0. The Morgan fingerprint density at radius 1 is 1.50 bits per heavy atom. The molecule has 0 bridgehead atoms. The number of carbonyl (C=O) groups excluding carboxylic acids is 1. The van der Waals surface area contributed by atoms with Crippen molar-refractivity contribution in [3.63, 3.8) is 0 Å². The van der Waals surface area contributed by atoms with Crippen LogP contribution in [0.5, 0.6) is 0 Å². The van der Waals surface area contributed by atoms with Gasteiger partial charge in [0.05, 0.1) is 4.92 Å². The standard InChI is InChI=1S/C14H19N3O3/c1-10-3-4-11(7-12(10)17(19)20)16-13(18)8-14(9-15)5-2-6-14/h3-4,7H,2,5-6,8-9,15H2,1H3,(H,16,18). The maximum Gasteiger partial charge on any atom is 0.274 e. The minimum atomic E-state index is -0.446. The predicted molar refractivity (Wildman–Crippen MR) is 76.4 cm³/mol. The van der Waals surface area contributed by atoms with Crippen LogP contribution in [0.2, 0.25) is 0 Å². The minimum absolute atomic E-state index is 0.0139. The summed E-state index contributed by atoms with van der Waals surface area (Å²) in [7, 11) is 0. The second kappa shape index (κ2) is 5.58. The monoisotopic (exact) mass is 277 g/mol. The fourth-order valence-electron chi connectivity index (χ4n) is 2.56. The van der Waals surface area contributed by atoms with E-state index in [1.54, 1.807) is 19.1 Å². The van der Waals surface area contributed by atoms with Gasteiger partial charge in [0, 0.05) is 23.7 Å². The summed E-state index contributed by atoms with van der Waals surface area (Å²) >= 11 is 0. The lowest BCUT2D eigenvalue weighted by Gasteiger charge is -2.40. The fraction of sp³-hybridized carbons (Fsp3) is 0.500. The van der Waals surface area contributed by atoms with Gasteiger partial charge in [0.1, 0.15) is 0 Å². The number of hydrogen-bond acceptors (Lipinski definition) is 4. The molecule has 2 rings (SSSR count). The molecule has 0 radical (unpaired) electrons. The van der Waals surface area contributed by atoms with E-state index in [2.05, 4.69) is 5.32 Å². The third-order valence-corrected chi connectivity index (χ3v) is 4.07. The number of benzene rings is 1. The Bertz CT molecular complexity index is 533. The molecule has 1 saturated carbocycles. The molecule has 0 unspecified atom stereocenters. The SMILES string of the molecule is Cc1ccc(NC(=O)CC2(CN)CCC2)cc1[N+](=O)[O-]. The molecule has 0 spiro atoms. The van der Waals surface area contributed by atoms with Gasteiger partial charge in [0.25, 0.3) is 5.69 Å². The molecule has 1 aromatic carbocycles. The lowest BCUT2D eigenvalue weighted by Crippen LogP contribution is -2.40. The molecule has 6 nitrogen and oxygen atoms in total. The molecular formula is C14H19N3O3. The average molecular weight is 277 g/mol. The molecule has 6 heteroatoms. The quantitative estimate of drug-likeness (QED) is 0.637. The molecule has 1 aromatic rings. The van der Waals surface area contributed by atoms with Gasteiger partial charge < -0.3 is 11.1 Å². The van der Waals surface area contributed by atoms with E-state index in [0.717, 1.165) is 19.3 Å². The molecule has 0 aliphatic heterocycles. The highest BCUT2D eigenvalue weighted by atomic mass is 16.6. The molecule has 0 atom stereocenters. The molecule has 0 saturated heterocycles. The Hall–Kier alpha value is -1.95. The van der Waals surface area contributed by atoms with E-state index in [4.69, 9.17) is 5.73 Å². The smallest absolute Gasteiger partial charge is 0.274 e. The van der Waals surface area contributed by atoms with Crippen molar-refractivity contribution in [1.82, 2.24) is 0 Å². The van der Waals surface area contributed by atoms with E-state index in [0.29, 0.717) is 24.2 Å². The summed E-state index contributed by atoms with van der Waals surface area (Å²) in [6.07, 6.45) is 3.45. The number of nitro benzene ring substituents is 1. The van der Waals surface area contributed by atoms with Crippen molar-refractivity contribution in [2.45, 2.75) is 32.6 Å². The van der Waals surface area contributed by atoms with Gasteiger partial charge in [-0.15, -0.1) is 0 Å². The Morgan fingerprint density at radius 3 is 2.70 bits per heavy atom. The molecule has 3 N–H and O–H groups in total. The highest BCUT2D eigenvalue weighted by Crippen LogP contribution is 2.43. The lowest BCUT2D eigenvalue weighted by atomic mass is 9.66. The first-order chi connectivity index (χ1) is 9.46. The molecule has 0 aromatic heterocycles. The summed E-state index contributed by atoms with van der Waals surface area (Å²) in [6.45, 7) is 2.18. The Kier molecular flexibility index (Phi) is 4.04. The van der Waals surface area contributed by atoms with Gasteiger partial charge in [-0.1, -0.05) is 12.5 Å². The number of nitrogens with two attached hydrogens (primary N) is 1. The minimum Gasteiger partial charge on any atom is -0.330 e. The molecular weight excluding hydrogens is 258 g/mol. The zero-order valence-corrected chi connectivity index (χ0v) is 11.5. The van der Waals surface area contributed by atoms with Crippen LogP contribution >= 0.6 is 0 Å². The zero-order valence-electron chi connectivity index (χ0n) is 11.5. The summed E-state index contributed by atoms with van der Waals surface area (Å²) in [6, 6.07) is 4.70. The van der Waals surface area contributed by atoms with Gasteiger partial charge in [-0.2, -0.15) is 0 Å². The number of nitrogens with one attached hydrogen (secondary N) is 1. The summed E-state index contributed by atoms with van der Waals surface area (Å²) in [5, 5.41) is 13.6. The van der Waals surface area contributed by atoms with Crippen LogP contribution in [0.15, 0.2) is 18.2 Å². The molecule has 108 valence electrons. The van der Waals surface area contributed by atoms with E-state index < -0.39 is 4.92 Å². The first-order valence-electron chi connectivity index (χ1n) is 6.71. The molecule has 1 aliphatic carbocycles. The second-order valence-electron chi connectivity index (χ2n) is 5.54. The summed E-state index contributed by atoms with van der Waals surface area (Å²) < 4.78 is 0. The van der Waals surface area contributed by atoms with Gasteiger partial charge in [0.2, 0.25) is 5.91 Å². The fourth-order valence-corrected chi connectivity index (χ4v) is 2.56. The Morgan fingerprint density at radius 2 is 2.20 bits per heavy atom. The first-order valence-corrected chi connectivity index (χ1v) is 6.71. The molecule has 20 heavy (non-hydrogen) atoms. The molecule has 0 heterocycles. The third-order valence-electron chi connectivity index (χ3n) is 4.07. The Labute approximate surface area is 117 Å². The van der Waals surface area contributed by atoms with Gasteiger partial charge in [-0.05, 0) is 37.8 Å². The van der Waals surface area contributed by atoms with Crippen LogP contribution in [0.25, 0.3) is 0 Å². The highest BCUT2D eigenvalue weighted by molar-refractivity contribution is 5.91. The van der Waals surface area contributed by atoms with E-state index in [1.165, 1.54) is 6.07 Å². The lowest BCUT2D eigenvalue weighted by molar-refractivity contribution is -0.385. The molecule has 1 fully saturated rings. The van der Waals surface area contributed by atoms with Crippen LogP contribution in [0.3, 0.4) is 0 Å². The Balaban J connectivity index is 2.04. The van der Waals surface area contributed by atoms with Crippen molar-refractivity contribution in [2.75, 3.05) is 11.9 Å². The number of anilines is 1. The van der Waals surface area contributed by atoms with Crippen LogP contribution in [0.1, 0.15) is 31.2 Å². The highest BCUT2D eigenvalue weighted by Gasteiger charge is 2.37. The number of nitrogens with zero attached hydrogens (tertiary/aromatic N) is 1. The van der Waals surface area contributed by atoms with Crippen LogP contribution < -0.4 is 11.1 Å². The number of amides is 1. The normalized spacial score (nSPS) is 16.3. The van der Waals surface area contributed by atoms with Crippen LogP contribution in [-0.4, -0.2) is 17.4 Å². The van der Waals surface area contributed by atoms with Gasteiger partial charge >= 0.3 is 0 Å². The first kappa shape index (κ1) is 14.5. The van der Waals surface area contributed by atoms with Crippen molar-refractivity contribution in [1.29, 1.82) is 0 Å². The van der Waals surface area contributed by atoms with Crippen molar-refractivity contribution >= 4 is 17.3 Å². The van der Waals surface area contributed by atoms with Gasteiger partial charge in [-0.3, -0.25) is 14.9 Å². The van der Waals surface area contributed by atoms with Gasteiger partial charge in [0.15, 0.2) is 0 Å². The molecule has 1 amide bonds. The van der Waals surface area contributed by atoms with Crippen molar-refractivity contribution in [3.8, 4) is 0 Å². The van der Waals surface area contributed by atoms with Crippen molar-refractivity contribution < 1.29 is 9.72 Å². The maximum atomic E-state index is 12.0. The largest absolute Gasteiger partial charge is 0.330 e. The number of hydrogen-bond donors (Lipinski definition) is 2. The van der Waals surface area contributed by atoms with Crippen molar-refractivity contribution in [3.05, 3.63) is 33.9 Å². The number of nitro groups is 1. The third kappa shape index (κ3) is 2.96. The topological polar surface area (TPSA) is 98.3 Å². The van der Waals surface area contributed by atoms with Crippen molar-refractivity contribution in [2.24, 2.45) is 11.1 Å². The van der Waals surface area contributed by atoms with E-state index in [9.17, 15) is 14.9 Å². The molecule has 1 aliphatic rings. The summed E-state index contributed by atoms with van der Waals surface area (Å²) in [4.78, 5) is 22.4. The summed E-state index contributed by atoms with van der Waals surface area (Å²) in [5.74, 6) is -0.131. The van der Waals surface area contributed by atoms with Crippen LogP contribution in [0.4, 0.5) is 11.4 Å². The van der Waals surface area contributed by atoms with E-state index in [-0.39, 0.29) is 17.0 Å². The predicted octanol–water partition coefficient (Wildman–Crippen LogP) is 2.36. The second-order valence-corrected chi connectivity index (χ2v) is 5.54. The van der Waals surface area contributed by atoms with Gasteiger partial charge in [-0.25, -0.2) is 0 Å². The number of rotatable bonds is 5. The van der Waals surface area contributed by atoms with E-state index in [1.807, 2.05) is 0 Å². The van der Waals surface area contributed by atoms with Crippen LogP contribution in [0, 0.1) is 22.5 Å². The van der Waals surface area contributed by atoms with Crippen LogP contribution in [-0.2, 0) is 4.79 Å². The number of carbonyl (C=O) groups is 1. The summed E-state index contributed by atoms with van der Waals surface area (Å²) in [5.41, 5.74) is 6.70. The zero-order chi connectivity index (χ0) is 14.8. The average Bonchev–Trinajstić information content (AvgIpc) is 2.36. The number of aryl methyl sites for hydroxylation is 1.